The fourth-order valence-electron chi connectivity index (χ4n) is 2.38. The van der Waals surface area contributed by atoms with E-state index in [1.165, 1.54) is 17.2 Å². The van der Waals surface area contributed by atoms with Crippen molar-refractivity contribution in [3.8, 4) is 0 Å². The van der Waals surface area contributed by atoms with Crippen LogP contribution >= 0.6 is 0 Å². The molecule has 1 aromatic rings. The van der Waals surface area contributed by atoms with Crippen molar-refractivity contribution in [1.29, 1.82) is 0 Å². The van der Waals surface area contributed by atoms with E-state index in [2.05, 4.69) is 25.5 Å². The van der Waals surface area contributed by atoms with Crippen LogP contribution in [0.25, 0.3) is 0 Å². The molecule has 1 aliphatic carbocycles. The molecule has 0 saturated carbocycles. The van der Waals surface area contributed by atoms with Crippen molar-refractivity contribution in [3.05, 3.63) is 17.2 Å². The van der Waals surface area contributed by atoms with Gasteiger partial charge in [-0.15, -0.1) is 0 Å². The van der Waals surface area contributed by atoms with Crippen molar-refractivity contribution in [1.82, 2.24) is 9.55 Å². The standard InChI is InChI=1S/C12H21N3/c1-4-8(2)12-14-10-7-9(13)5-6-11(10)15(12)3/h8-9H,4-7,13H2,1-3H3. The molecule has 0 bridgehead atoms. The van der Waals surface area contributed by atoms with Crippen LogP contribution in [0.1, 0.15) is 49.8 Å². The first-order chi connectivity index (χ1) is 7.13. The maximum atomic E-state index is 5.97. The average Bonchev–Trinajstić information content (AvgIpc) is 2.54. The molecule has 2 unspecified atom stereocenters. The number of hydrogen-bond donors (Lipinski definition) is 1. The number of nitrogens with zero attached hydrogens (tertiary/aromatic N) is 2. The average molecular weight is 207 g/mol. The summed E-state index contributed by atoms with van der Waals surface area (Å²) in [5.74, 6) is 1.79. The van der Waals surface area contributed by atoms with Crippen molar-refractivity contribution in [2.45, 2.75) is 51.5 Å². The molecular formula is C12H21N3. The largest absolute Gasteiger partial charge is 0.335 e. The van der Waals surface area contributed by atoms with Gasteiger partial charge in [0.1, 0.15) is 5.82 Å². The smallest absolute Gasteiger partial charge is 0.111 e. The van der Waals surface area contributed by atoms with E-state index in [0.717, 1.165) is 25.7 Å². The van der Waals surface area contributed by atoms with Crippen molar-refractivity contribution >= 4 is 0 Å². The van der Waals surface area contributed by atoms with E-state index in [9.17, 15) is 0 Å². The maximum absolute atomic E-state index is 5.97. The normalized spacial score (nSPS) is 22.5. The molecule has 0 aromatic carbocycles. The van der Waals surface area contributed by atoms with Crippen LogP contribution in [0.5, 0.6) is 0 Å². The maximum Gasteiger partial charge on any atom is 0.111 e. The van der Waals surface area contributed by atoms with Gasteiger partial charge in [-0.05, 0) is 19.3 Å². The van der Waals surface area contributed by atoms with E-state index >= 15 is 0 Å². The third-order valence-electron chi connectivity index (χ3n) is 3.59. The van der Waals surface area contributed by atoms with Crippen LogP contribution in [0.2, 0.25) is 0 Å². The molecule has 0 spiro atoms. The molecule has 1 heterocycles. The molecule has 0 fully saturated rings. The lowest BCUT2D eigenvalue weighted by molar-refractivity contribution is 0.552. The Hall–Kier alpha value is -0.830. The number of imidazole rings is 1. The third-order valence-corrected chi connectivity index (χ3v) is 3.59. The fraction of sp³-hybridized carbons (Fsp3) is 0.750. The minimum atomic E-state index is 0.317. The van der Waals surface area contributed by atoms with Crippen LogP contribution in [0.4, 0.5) is 0 Å². The number of fused-ring (bicyclic) bond motifs is 1. The van der Waals surface area contributed by atoms with Gasteiger partial charge in [0.05, 0.1) is 5.69 Å². The second-order valence-corrected chi connectivity index (χ2v) is 4.73. The van der Waals surface area contributed by atoms with Gasteiger partial charge in [0, 0.05) is 31.1 Å². The molecule has 0 radical (unpaired) electrons. The Kier molecular flexibility index (Phi) is 2.83. The molecule has 0 amide bonds. The van der Waals surface area contributed by atoms with E-state index in [0.29, 0.717) is 12.0 Å². The molecule has 2 N–H and O–H groups in total. The highest BCUT2D eigenvalue weighted by atomic mass is 15.1. The van der Waals surface area contributed by atoms with Gasteiger partial charge in [-0.1, -0.05) is 13.8 Å². The number of aromatic nitrogens is 2. The Balaban J connectivity index is 2.36. The van der Waals surface area contributed by atoms with Gasteiger partial charge >= 0.3 is 0 Å². The van der Waals surface area contributed by atoms with Crippen LogP contribution in [0, 0.1) is 0 Å². The predicted molar refractivity (Wildman–Crippen MR) is 61.9 cm³/mol. The number of nitrogens with two attached hydrogens (primary N) is 1. The fourth-order valence-corrected chi connectivity index (χ4v) is 2.38. The van der Waals surface area contributed by atoms with Crippen molar-refractivity contribution in [3.63, 3.8) is 0 Å². The van der Waals surface area contributed by atoms with E-state index in [1.54, 1.807) is 0 Å². The topological polar surface area (TPSA) is 43.8 Å². The lowest BCUT2D eigenvalue weighted by Gasteiger charge is -2.18. The monoisotopic (exact) mass is 207 g/mol. The molecule has 2 atom stereocenters. The minimum absolute atomic E-state index is 0.317. The molecule has 1 aliphatic rings. The van der Waals surface area contributed by atoms with Gasteiger partial charge in [0.2, 0.25) is 0 Å². The highest BCUT2D eigenvalue weighted by Gasteiger charge is 2.23. The van der Waals surface area contributed by atoms with E-state index < -0.39 is 0 Å². The summed E-state index contributed by atoms with van der Waals surface area (Å²) in [6.45, 7) is 4.46. The Labute approximate surface area is 91.7 Å². The minimum Gasteiger partial charge on any atom is -0.335 e. The Morgan fingerprint density at radius 3 is 3.00 bits per heavy atom. The van der Waals surface area contributed by atoms with Gasteiger partial charge in [-0.2, -0.15) is 0 Å². The van der Waals surface area contributed by atoms with Crippen molar-refractivity contribution < 1.29 is 0 Å². The van der Waals surface area contributed by atoms with Gasteiger partial charge < -0.3 is 10.3 Å². The van der Waals surface area contributed by atoms with Crippen LogP contribution < -0.4 is 5.73 Å². The number of hydrogen-bond acceptors (Lipinski definition) is 2. The molecule has 0 aliphatic heterocycles. The summed E-state index contributed by atoms with van der Waals surface area (Å²) in [5, 5.41) is 0. The summed E-state index contributed by atoms with van der Waals surface area (Å²) in [5.41, 5.74) is 8.62. The van der Waals surface area contributed by atoms with E-state index in [-0.39, 0.29) is 0 Å². The zero-order valence-corrected chi connectivity index (χ0v) is 9.95. The zero-order valence-electron chi connectivity index (χ0n) is 9.95. The molecule has 15 heavy (non-hydrogen) atoms. The first-order valence-corrected chi connectivity index (χ1v) is 5.93. The number of rotatable bonds is 2. The summed E-state index contributed by atoms with van der Waals surface area (Å²) >= 11 is 0. The second kappa shape index (κ2) is 3.97. The van der Waals surface area contributed by atoms with Crippen LogP contribution in [-0.2, 0) is 19.9 Å². The first kappa shape index (κ1) is 10.7. The molecule has 84 valence electrons. The molecular weight excluding hydrogens is 186 g/mol. The van der Waals surface area contributed by atoms with Gasteiger partial charge in [0.15, 0.2) is 0 Å². The lowest BCUT2D eigenvalue weighted by Crippen LogP contribution is -2.28. The summed E-state index contributed by atoms with van der Waals surface area (Å²) in [4.78, 5) is 4.75. The summed E-state index contributed by atoms with van der Waals surface area (Å²) < 4.78 is 2.29. The molecule has 1 aromatic heterocycles. The highest BCUT2D eigenvalue weighted by Crippen LogP contribution is 2.25. The molecule has 2 rings (SSSR count). The van der Waals surface area contributed by atoms with Crippen LogP contribution in [0.15, 0.2) is 0 Å². The van der Waals surface area contributed by atoms with Gasteiger partial charge in [-0.25, -0.2) is 4.98 Å². The molecule has 3 heteroatoms. The van der Waals surface area contributed by atoms with Crippen molar-refractivity contribution in [2.24, 2.45) is 12.8 Å². The van der Waals surface area contributed by atoms with Crippen molar-refractivity contribution in [2.75, 3.05) is 0 Å². The predicted octanol–water partition coefficient (Wildman–Crippen LogP) is 1.75. The van der Waals surface area contributed by atoms with Crippen LogP contribution in [-0.4, -0.2) is 15.6 Å². The van der Waals surface area contributed by atoms with Gasteiger partial charge in [0.25, 0.3) is 0 Å². The summed E-state index contributed by atoms with van der Waals surface area (Å²) in [7, 11) is 2.14. The highest BCUT2D eigenvalue weighted by molar-refractivity contribution is 5.22. The third kappa shape index (κ3) is 1.81. The summed E-state index contributed by atoms with van der Waals surface area (Å²) in [6.07, 6.45) is 4.30. The quantitative estimate of drug-likeness (QED) is 0.803. The Morgan fingerprint density at radius 2 is 2.33 bits per heavy atom. The Morgan fingerprint density at radius 1 is 1.60 bits per heavy atom. The lowest BCUT2D eigenvalue weighted by atomic mass is 9.97. The van der Waals surface area contributed by atoms with E-state index in [1.807, 2.05) is 0 Å². The van der Waals surface area contributed by atoms with Crippen LogP contribution in [0.3, 0.4) is 0 Å². The zero-order chi connectivity index (χ0) is 11.0. The SMILES string of the molecule is CCC(C)c1nc2c(n1C)CCC(N)C2. The second-order valence-electron chi connectivity index (χ2n) is 4.73. The molecule has 3 nitrogen and oxygen atoms in total. The Bertz CT molecular complexity index is 354. The first-order valence-electron chi connectivity index (χ1n) is 5.93. The summed E-state index contributed by atoms with van der Waals surface area (Å²) in [6, 6.07) is 0.317. The van der Waals surface area contributed by atoms with E-state index in [4.69, 9.17) is 10.7 Å². The molecule has 0 saturated heterocycles. The van der Waals surface area contributed by atoms with Gasteiger partial charge in [-0.3, -0.25) is 0 Å².